The number of carbonyl (C=O) groups is 1. The van der Waals surface area contributed by atoms with E-state index in [1.54, 1.807) is 56.7 Å². The Hall–Kier alpha value is -4.07. The van der Waals surface area contributed by atoms with E-state index in [2.05, 4.69) is 10.0 Å². The van der Waals surface area contributed by atoms with Crippen LogP contribution in [0.4, 0.5) is 5.69 Å². The largest absolute Gasteiger partial charge is 0.497 e. The van der Waals surface area contributed by atoms with Crippen LogP contribution in [0.25, 0.3) is 33.0 Å². The SMILES string of the molecule is COCCOc1ccc(-c2nc(-c3ccc(OC)cc3)cc(C(=O)OC)c2N=[N+]=[N-])cc1. The molecule has 0 amide bonds. The number of aromatic nitrogens is 1. The molecule has 164 valence electrons. The molecule has 0 aliphatic rings. The highest BCUT2D eigenvalue weighted by molar-refractivity contribution is 5.99. The van der Waals surface area contributed by atoms with Gasteiger partial charge >= 0.3 is 5.97 Å². The van der Waals surface area contributed by atoms with Gasteiger partial charge in [-0.15, -0.1) is 0 Å². The Bertz CT molecular complexity index is 1120. The first kappa shape index (κ1) is 22.6. The van der Waals surface area contributed by atoms with E-state index in [-0.39, 0.29) is 11.3 Å². The minimum atomic E-state index is -0.634. The van der Waals surface area contributed by atoms with Crippen molar-refractivity contribution < 1.29 is 23.7 Å². The molecule has 1 heterocycles. The van der Waals surface area contributed by atoms with E-state index in [9.17, 15) is 4.79 Å². The first-order valence-corrected chi connectivity index (χ1v) is 9.66. The molecule has 2 aromatic carbocycles. The third-order valence-electron chi connectivity index (χ3n) is 4.61. The van der Waals surface area contributed by atoms with Gasteiger partial charge in [0.15, 0.2) is 0 Å². The third kappa shape index (κ3) is 5.15. The van der Waals surface area contributed by atoms with Gasteiger partial charge in [-0.05, 0) is 60.1 Å². The van der Waals surface area contributed by atoms with Crippen molar-refractivity contribution in [3.05, 3.63) is 70.6 Å². The quantitative estimate of drug-likeness (QED) is 0.151. The Kier molecular flexibility index (Phi) is 7.64. The molecule has 0 atom stereocenters. The van der Waals surface area contributed by atoms with Gasteiger partial charge in [0.05, 0.1) is 43.5 Å². The Labute approximate surface area is 185 Å². The summed E-state index contributed by atoms with van der Waals surface area (Å²) in [5.41, 5.74) is 11.6. The molecular weight excluding hydrogens is 412 g/mol. The van der Waals surface area contributed by atoms with E-state index in [0.717, 1.165) is 5.56 Å². The number of rotatable bonds is 9. The molecule has 1 aromatic heterocycles. The molecule has 3 aromatic rings. The molecule has 9 heteroatoms. The predicted octanol–water partition coefficient (Wildman–Crippen LogP) is 5.18. The first-order chi connectivity index (χ1) is 15.6. The second-order valence-electron chi connectivity index (χ2n) is 6.53. The van der Waals surface area contributed by atoms with Crippen LogP contribution in [0, 0.1) is 0 Å². The van der Waals surface area contributed by atoms with Gasteiger partial charge in [-0.2, -0.15) is 0 Å². The van der Waals surface area contributed by atoms with Crippen LogP contribution in [-0.4, -0.2) is 45.5 Å². The molecule has 32 heavy (non-hydrogen) atoms. The van der Waals surface area contributed by atoms with Crippen molar-refractivity contribution in [3.8, 4) is 34.0 Å². The van der Waals surface area contributed by atoms with Gasteiger partial charge < -0.3 is 18.9 Å². The molecule has 0 fully saturated rings. The minimum absolute atomic E-state index is 0.0877. The number of hydrogen-bond donors (Lipinski definition) is 0. The lowest BCUT2D eigenvalue weighted by Crippen LogP contribution is -2.05. The smallest absolute Gasteiger partial charge is 0.338 e. The molecular formula is C23H22N4O5. The van der Waals surface area contributed by atoms with Gasteiger partial charge in [0.1, 0.15) is 18.1 Å². The van der Waals surface area contributed by atoms with Crippen molar-refractivity contribution in [1.29, 1.82) is 0 Å². The summed E-state index contributed by atoms with van der Waals surface area (Å²) in [7, 11) is 4.45. The lowest BCUT2D eigenvalue weighted by molar-refractivity contribution is 0.0601. The summed E-state index contributed by atoms with van der Waals surface area (Å²) >= 11 is 0. The number of nitrogens with zero attached hydrogens (tertiary/aromatic N) is 4. The van der Waals surface area contributed by atoms with Gasteiger partial charge in [-0.1, -0.05) is 5.11 Å². The first-order valence-electron chi connectivity index (χ1n) is 9.66. The number of carbonyl (C=O) groups excluding carboxylic acids is 1. The van der Waals surface area contributed by atoms with Gasteiger partial charge in [-0.3, -0.25) is 0 Å². The number of benzene rings is 2. The van der Waals surface area contributed by atoms with Crippen LogP contribution in [0.15, 0.2) is 59.7 Å². The highest BCUT2D eigenvalue weighted by atomic mass is 16.5. The lowest BCUT2D eigenvalue weighted by Gasteiger charge is -2.13. The predicted molar refractivity (Wildman–Crippen MR) is 119 cm³/mol. The number of pyridine rings is 1. The number of hydrogen-bond acceptors (Lipinski definition) is 7. The van der Waals surface area contributed by atoms with Crippen LogP contribution in [0.2, 0.25) is 0 Å². The zero-order chi connectivity index (χ0) is 22.9. The van der Waals surface area contributed by atoms with Crippen LogP contribution in [0.5, 0.6) is 11.5 Å². The van der Waals surface area contributed by atoms with Crippen LogP contribution in [0.3, 0.4) is 0 Å². The standard InChI is InChI=1S/C23H22N4O5/c1-29-12-13-32-18-10-6-16(7-11-18)21-22(26-27-24)19(23(28)31-3)14-20(25-21)15-4-8-17(30-2)9-5-15/h4-11,14H,12-13H2,1-3H3. The Morgan fingerprint density at radius 3 is 2.22 bits per heavy atom. The van der Waals surface area contributed by atoms with E-state index in [0.29, 0.717) is 41.7 Å². The maximum Gasteiger partial charge on any atom is 0.338 e. The molecule has 0 aliphatic carbocycles. The van der Waals surface area contributed by atoms with Crippen molar-refractivity contribution in [1.82, 2.24) is 4.98 Å². The summed E-state index contributed by atoms with van der Waals surface area (Å²) in [5, 5.41) is 3.75. The fraction of sp³-hybridized carbons (Fsp3) is 0.217. The zero-order valence-electron chi connectivity index (χ0n) is 17.9. The minimum Gasteiger partial charge on any atom is -0.497 e. The zero-order valence-corrected chi connectivity index (χ0v) is 17.9. The topological polar surface area (TPSA) is 116 Å². The highest BCUT2D eigenvalue weighted by Crippen LogP contribution is 2.36. The molecule has 0 saturated carbocycles. The summed E-state index contributed by atoms with van der Waals surface area (Å²) in [5.74, 6) is 0.706. The van der Waals surface area contributed by atoms with Crippen molar-refractivity contribution in [2.24, 2.45) is 5.11 Å². The highest BCUT2D eigenvalue weighted by Gasteiger charge is 2.20. The Morgan fingerprint density at radius 2 is 1.62 bits per heavy atom. The average Bonchev–Trinajstić information content (AvgIpc) is 2.84. The number of azide groups is 1. The van der Waals surface area contributed by atoms with E-state index < -0.39 is 5.97 Å². The fourth-order valence-electron chi connectivity index (χ4n) is 3.01. The molecule has 0 unspecified atom stereocenters. The van der Waals surface area contributed by atoms with Crippen LogP contribution in [0.1, 0.15) is 10.4 Å². The Morgan fingerprint density at radius 1 is 0.969 bits per heavy atom. The summed E-state index contributed by atoms with van der Waals surface area (Å²) in [6.07, 6.45) is 0. The van der Waals surface area contributed by atoms with Crippen molar-refractivity contribution in [3.63, 3.8) is 0 Å². The molecule has 0 saturated heterocycles. The number of esters is 1. The summed E-state index contributed by atoms with van der Waals surface area (Å²) in [6, 6.07) is 15.9. The van der Waals surface area contributed by atoms with E-state index in [1.807, 2.05) is 12.1 Å². The second kappa shape index (κ2) is 10.8. The molecule has 3 rings (SSSR count). The number of methoxy groups -OCH3 is 3. The summed E-state index contributed by atoms with van der Waals surface area (Å²) < 4.78 is 20.7. The average molecular weight is 434 g/mol. The van der Waals surface area contributed by atoms with Crippen LogP contribution < -0.4 is 9.47 Å². The van der Waals surface area contributed by atoms with E-state index in [4.69, 9.17) is 29.5 Å². The van der Waals surface area contributed by atoms with Gasteiger partial charge in [0.25, 0.3) is 0 Å². The molecule has 0 aliphatic heterocycles. The second-order valence-corrected chi connectivity index (χ2v) is 6.53. The van der Waals surface area contributed by atoms with Crippen LogP contribution >= 0.6 is 0 Å². The number of ether oxygens (including phenoxy) is 4. The third-order valence-corrected chi connectivity index (χ3v) is 4.61. The van der Waals surface area contributed by atoms with Gasteiger partial charge in [-0.25, -0.2) is 9.78 Å². The maximum absolute atomic E-state index is 12.5. The van der Waals surface area contributed by atoms with Crippen molar-refractivity contribution in [2.45, 2.75) is 0 Å². The van der Waals surface area contributed by atoms with E-state index in [1.165, 1.54) is 7.11 Å². The maximum atomic E-state index is 12.5. The normalized spacial score (nSPS) is 10.2. The summed E-state index contributed by atoms with van der Waals surface area (Å²) in [4.78, 5) is 20.1. The van der Waals surface area contributed by atoms with Crippen molar-refractivity contribution in [2.75, 3.05) is 34.5 Å². The molecule has 0 N–H and O–H groups in total. The Balaban J connectivity index is 2.13. The monoisotopic (exact) mass is 434 g/mol. The lowest BCUT2D eigenvalue weighted by atomic mass is 10.0. The van der Waals surface area contributed by atoms with Crippen LogP contribution in [-0.2, 0) is 9.47 Å². The van der Waals surface area contributed by atoms with Crippen molar-refractivity contribution >= 4 is 11.7 Å². The van der Waals surface area contributed by atoms with E-state index >= 15 is 0 Å². The molecule has 0 radical (unpaired) electrons. The van der Waals surface area contributed by atoms with Gasteiger partial charge in [0.2, 0.25) is 0 Å². The fourth-order valence-corrected chi connectivity index (χ4v) is 3.01. The molecule has 0 bridgehead atoms. The summed E-state index contributed by atoms with van der Waals surface area (Å²) in [6.45, 7) is 0.883. The molecule has 0 spiro atoms. The van der Waals surface area contributed by atoms with Gasteiger partial charge in [0, 0.05) is 23.1 Å². The molecule has 9 nitrogen and oxygen atoms in total.